The van der Waals surface area contributed by atoms with E-state index in [1.807, 2.05) is 68.7 Å². The summed E-state index contributed by atoms with van der Waals surface area (Å²) in [7, 11) is 2.63. The van der Waals surface area contributed by atoms with Gasteiger partial charge in [-0.25, -0.2) is 29.3 Å². The third-order valence-electron chi connectivity index (χ3n) is 12.8. The molecule has 0 radical (unpaired) electrons. The number of pyridine rings is 1. The molecule has 1 fully saturated rings. The first kappa shape index (κ1) is 47.0. The lowest BCUT2D eigenvalue weighted by Gasteiger charge is -2.31. The molecule has 1 unspecified atom stereocenters. The average molecular weight is 938 g/mol. The Morgan fingerprint density at radius 3 is 2.29 bits per heavy atom. The van der Waals surface area contributed by atoms with Gasteiger partial charge >= 0.3 is 24.3 Å². The SMILES string of the molecule is COC(=O)N[C@H]1CCc2ccn3c2C1C(=O)C[C@H](c1ncc(-c2ccc4nc(-c5ccc(-c6c[nH]c([C@@H]7CCCN7C(=O)[C@@H](NC(=O)OC)C(C)C)n6)cc5)ccc4c2)[nH]1)C3.O=C(O)C(F)(F)F. The maximum atomic E-state index is 13.8. The molecule has 3 aliphatic rings. The molecular weight excluding hydrogens is 888 g/mol. The van der Waals surface area contributed by atoms with Gasteiger partial charge in [0, 0.05) is 71.6 Å². The van der Waals surface area contributed by atoms with E-state index < -0.39 is 36.3 Å². The number of hydrogen-bond acceptors (Lipinski definition) is 10. The van der Waals surface area contributed by atoms with Crippen LogP contribution in [0.5, 0.6) is 0 Å². The van der Waals surface area contributed by atoms with Crippen molar-refractivity contribution in [1.29, 1.82) is 0 Å². The highest BCUT2D eigenvalue weighted by atomic mass is 19.4. The molecule has 4 aromatic heterocycles. The molecule has 68 heavy (non-hydrogen) atoms. The number of ether oxygens (including phenoxy) is 2. The maximum Gasteiger partial charge on any atom is 0.490 e. The molecule has 3 amide bonds. The van der Waals surface area contributed by atoms with Crippen molar-refractivity contribution < 1.29 is 51.7 Å². The molecule has 9 rings (SSSR count). The zero-order chi connectivity index (χ0) is 48.4. The Morgan fingerprint density at radius 2 is 1.60 bits per heavy atom. The van der Waals surface area contributed by atoms with E-state index in [0.717, 1.165) is 86.8 Å². The fraction of sp³-hybridized carbons (Fsp3) is 0.375. The summed E-state index contributed by atoms with van der Waals surface area (Å²) in [6.07, 6.45) is 2.92. The van der Waals surface area contributed by atoms with Crippen LogP contribution in [0.1, 0.15) is 80.3 Å². The van der Waals surface area contributed by atoms with Gasteiger partial charge in [0.25, 0.3) is 0 Å². The normalized spacial score (nSPS) is 19.4. The second kappa shape index (κ2) is 19.4. The van der Waals surface area contributed by atoms with Crippen molar-refractivity contribution in [3.8, 4) is 33.8 Å². The number of carbonyl (C=O) groups excluding carboxylic acids is 4. The number of aryl methyl sites for hydroxylation is 1. The number of imidazole rings is 2. The molecule has 5 N–H and O–H groups in total. The second-order valence-electron chi connectivity index (χ2n) is 17.4. The highest BCUT2D eigenvalue weighted by Crippen LogP contribution is 2.40. The summed E-state index contributed by atoms with van der Waals surface area (Å²) in [5.41, 5.74) is 8.36. The molecule has 2 aliphatic heterocycles. The Morgan fingerprint density at radius 1 is 0.897 bits per heavy atom. The lowest BCUT2D eigenvalue weighted by molar-refractivity contribution is -0.192. The van der Waals surface area contributed by atoms with Crippen molar-refractivity contribution in [2.24, 2.45) is 5.92 Å². The number of carboxylic acids is 1. The number of aromatic amines is 2. The molecule has 1 aliphatic carbocycles. The zero-order valence-corrected chi connectivity index (χ0v) is 37.6. The Kier molecular flexibility index (Phi) is 13.4. The molecule has 0 saturated carbocycles. The van der Waals surface area contributed by atoms with E-state index in [1.165, 1.54) is 14.2 Å². The number of carbonyl (C=O) groups is 5. The topological polar surface area (TPSA) is 227 Å². The van der Waals surface area contributed by atoms with Crippen LogP contribution < -0.4 is 10.6 Å². The summed E-state index contributed by atoms with van der Waals surface area (Å²) in [4.78, 5) is 83.7. The number of hydrogen-bond donors (Lipinski definition) is 5. The van der Waals surface area contributed by atoms with Gasteiger partial charge < -0.3 is 44.6 Å². The highest BCUT2D eigenvalue weighted by molar-refractivity contribution is 5.89. The van der Waals surface area contributed by atoms with Crippen molar-refractivity contribution >= 4 is 40.7 Å². The minimum absolute atomic E-state index is 0.0918. The van der Waals surface area contributed by atoms with Gasteiger partial charge in [-0.05, 0) is 61.4 Å². The number of halogens is 3. The lowest BCUT2D eigenvalue weighted by Crippen LogP contribution is -2.51. The van der Waals surface area contributed by atoms with Gasteiger partial charge in [0.2, 0.25) is 5.91 Å². The molecule has 0 spiro atoms. The molecule has 0 bridgehead atoms. The number of ketones is 1. The van der Waals surface area contributed by atoms with Gasteiger partial charge in [0.15, 0.2) is 0 Å². The first-order chi connectivity index (χ1) is 32.5. The number of aromatic nitrogens is 6. The number of rotatable bonds is 9. The number of likely N-dealkylation sites (tertiary alicyclic amines) is 1. The second-order valence-corrected chi connectivity index (χ2v) is 17.4. The zero-order valence-electron chi connectivity index (χ0n) is 37.6. The van der Waals surface area contributed by atoms with Crippen LogP contribution in [0.25, 0.3) is 44.7 Å². The third kappa shape index (κ3) is 9.79. The van der Waals surface area contributed by atoms with Gasteiger partial charge in [-0.3, -0.25) is 9.59 Å². The van der Waals surface area contributed by atoms with Crippen LogP contribution in [0.15, 0.2) is 79.3 Å². The molecule has 5 atom stereocenters. The van der Waals surface area contributed by atoms with E-state index >= 15 is 0 Å². The standard InChI is InChI=1S/C46H49N9O6.C2HF3O2/c1-25(2)40(53-46(59)61-4)44(57)55-18-5-6-37(55)43-48-22-35(51-43)27-9-7-26(8-10-27)32-14-12-29-20-30(13-15-33(29)49-32)36-23-47-42(50-36)31-21-38(56)39-34(52-45(58)60-3)16-11-28-17-19-54(24-31)41(28)39;3-2(4,5)1(6)7/h7-10,12-15,17,19-20,22-23,25,31,34,37,39-40H,5-6,11,16,18,21,24H2,1-4H3,(H,47,50)(H,48,51)(H,52,58)(H,53,59);(H,6,7)/t31-,34-,37-,39?,40-;/m0./s1. The van der Waals surface area contributed by atoms with Crippen molar-refractivity contribution in [1.82, 2.24) is 45.0 Å². The minimum atomic E-state index is -5.08. The molecule has 356 valence electrons. The number of amides is 3. The number of nitrogens with one attached hydrogen (secondary N) is 4. The maximum absolute atomic E-state index is 13.8. The summed E-state index contributed by atoms with van der Waals surface area (Å²) < 4.78 is 43.5. The fourth-order valence-electron chi connectivity index (χ4n) is 9.35. The third-order valence-corrected chi connectivity index (χ3v) is 12.8. The summed E-state index contributed by atoms with van der Waals surface area (Å²) >= 11 is 0. The van der Waals surface area contributed by atoms with Crippen LogP contribution in [-0.2, 0) is 36.8 Å². The fourth-order valence-corrected chi connectivity index (χ4v) is 9.35. The summed E-state index contributed by atoms with van der Waals surface area (Å²) in [5.74, 6) is -2.02. The molecule has 17 nitrogen and oxygen atoms in total. The monoisotopic (exact) mass is 937 g/mol. The van der Waals surface area contributed by atoms with E-state index in [1.54, 1.807) is 4.90 Å². The van der Waals surface area contributed by atoms with Gasteiger partial charge in [0.1, 0.15) is 23.5 Å². The van der Waals surface area contributed by atoms with Crippen molar-refractivity contribution in [2.75, 3.05) is 20.8 Å². The summed E-state index contributed by atoms with van der Waals surface area (Å²) in [5, 5.41) is 13.7. The van der Waals surface area contributed by atoms with Crippen molar-refractivity contribution in [3.05, 3.63) is 102 Å². The van der Waals surface area contributed by atoms with E-state index in [4.69, 9.17) is 34.3 Å². The van der Waals surface area contributed by atoms with E-state index in [2.05, 4.69) is 49.6 Å². The Hall–Kier alpha value is -7.51. The number of nitrogens with zero attached hydrogens (tertiary/aromatic N) is 5. The summed E-state index contributed by atoms with van der Waals surface area (Å²) in [6.45, 7) is 5.00. The molecular formula is C48H50F3N9O8. The summed E-state index contributed by atoms with van der Waals surface area (Å²) in [6, 6.07) is 19.2. The first-order valence-corrected chi connectivity index (χ1v) is 22.1. The predicted molar refractivity (Wildman–Crippen MR) is 241 cm³/mol. The van der Waals surface area contributed by atoms with Crippen LogP contribution in [0.3, 0.4) is 0 Å². The number of Topliss-reactive ketones (excluding diaryl/α,β-unsaturated/α-hetero) is 1. The smallest absolute Gasteiger partial charge is 0.475 e. The van der Waals surface area contributed by atoms with Gasteiger partial charge in [-0.15, -0.1) is 0 Å². The lowest BCUT2D eigenvalue weighted by atomic mass is 9.79. The van der Waals surface area contributed by atoms with E-state index in [-0.39, 0.29) is 35.6 Å². The van der Waals surface area contributed by atoms with Gasteiger partial charge in [0.05, 0.1) is 55.0 Å². The molecule has 6 aromatic rings. The van der Waals surface area contributed by atoms with Crippen LogP contribution in [0.4, 0.5) is 22.8 Å². The predicted octanol–water partition coefficient (Wildman–Crippen LogP) is 7.67. The highest BCUT2D eigenvalue weighted by Gasteiger charge is 2.42. The molecule has 2 aromatic carbocycles. The average Bonchev–Trinajstić information content (AvgIpc) is 4.17. The molecule has 20 heteroatoms. The number of H-pyrrole nitrogens is 2. The number of carboxylic acid groups (broad SMARTS) is 1. The largest absolute Gasteiger partial charge is 0.490 e. The Labute approximate surface area is 387 Å². The van der Waals surface area contributed by atoms with Crippen molar-refractivity contribution in [3.63, 3.8) is 0 Å². The Balaban J connectivity index is 0.000000830. The number of benzene rings is 2. The minimum Gasteiger partial charge on any atom is -0.475 e. The molecule has 1 saturated heterocycles. The van der Waals surface area contributed by atoms with Crippen LogP contribution in [0.2, 0.25) is 0 Å². The van der Waals surface area contributed by atoms with Gasteiger partial charge in [-0.1, -0.05) is 50.2 Å². The van der Waals surface area contributed by atoms with E-state index in [0.29, 0.717) is 25.9 Å². The van der Waals surface area contributed by atoms with Crippen LogP contribution in [-0.4, -0.2) is 108 Å². The van der Waals surface area contributed by atoms with E-state index in [9.17, 15) is 32.3 Å². The van der Waals surface area contributed by atoms with Crippen LogP contribution >= 0.6 is 0 Å². The number of fused-ring (bicyclic) bond motifs is 1. The van der Waals surface area contributed by atoms with Crippen molar-refractivity contribution in [2.45, 2.75) is 88.6 Å². The Bertz CT molecular complexity index is 2850. The number of alkyl carbamates (subject to hydrolysis) is 2. The van der Waals surface area contributed by atoms with Gasteiger partial charge in [-0.2, -0.15) is 13.2 Å². The number of alkyl halides is 3. The first-order valence-electron chi connectivity index (χ1n) is 22.1. The number of aliphatic carboxylic acids is 1. The van der Waals surface area contributed by atoms with Crippen LogP contribution in [0, 0.1) is 5.92 Å². The number of methoxy groups -OCH3 is 2. The quantitative estimate of drug-likeness (QED) is 0.0945. The molecule has 6 heterocycles.